The number of anilines is 1. The highest BCUT2D eigenvalue weighted by Gasteiger charge is 2.24. The summed E-state index contributed by atoms with van der Waals surface area (Å²) in [7, 11) is 0. The van der Waals surface area contributed by atoms with Crippen molar-refractivity contribution in [1.29, 1.82) is 0 Å². The minimum absolute atomic E-state index is 0.212. The van der Waals surface area contributed by atoms with Gasteiger partial charge < -0.3 is 9.64 Å². The van der Waals surface area contributed by atoms with Crippen LogP contribution in [-0.2, 0) is 17.9 Å². The number of ether oxygens (including phenoxy) is 1. The number of unbranched alkanes of at least 4 members (excludes halogenated alkanes) is 2. The van der Waals surface area contributed by atoms with Crippen molar-refractivity contribution >= 4 is 17.3 Å². The number of hydrogen-bond donors (Lipinski definition) is 0. The van der Waals surface area contributed by atoms with Crippen molar-refractivity contribution in [3.05, 3.63) is 59.5 Å². The Morgan fingerprint density at radius 2 is 2.03 bits per heavy atom. The summed E-state index contributed by atoms with van der Waals surface area (Å²) >= 11 is 5.95. The molecule has 0 radical (unpaired) electrons. The molecule has 3 heterocycles. The van der Waals surface area contributed by atoms with Gasteiger partial charge in [0.25, 0.3) is 0 Å². The fraction of sp³-hybridized carbons (Fsp3) is 0.435. The molecule has 1 saturated heterocycles. The molecule has 1 atom stereocenters. The first-order valence-electron chi connectivity index (χ1n) is 10.7. The molecule has 158 valence electrons. The van der Waals surface area contributed by atoms with E-state index in [0.717, 1.165) is 60.0 Å². The maximum Gasteiger partial charge on any atom is 0.114 e. The van der Waals surface area contributed by atoms with Gasteiger partial charge in [0.05, 0.1) is 30.8 Å². The Hall–Kier alpha value is -2.44. The van der Waals surface area contributed by atoms with Gasteiger partial charge in [-0.05, 0) is 36.6 Å². The molecule has 0 saturated carbocycles. The highest BCUT2D eigenvalue weighted by molar-refractivity contribution is 6.30. The third kappa shape index (κ3) is 5.37. The zero-order chi connectivity index (χ0) is 20.8. The Morgan fingerprint density at radius 3 is 2.87 bits per heavy atom. The van der Waals surface area contributed by atoms with Crippen LogP contribution in [0.4, 0.5) is 5.69 Å². The van der Waals surface area contributed by atoms with E-state index in [1.807, 2.05) is 47.5 Å². The first-order valence-corrected chi connectivity index (χ1v) is 11.1. The molecule has 0 aliphatic carbocycles. The lowest BCUT2D eigenvalue weighted by atomic mass is 10.2. The van der Waals surface area contributed by atoms with Crippen LogP contribution in [0.2, 0.25) is 5.02 Å². The lowest BCUT2D eigenvalue weighted by molar-refractivity contribution is 0.0553. The predicted molar refractivity (Wildman–Crippen MR) is 120 cm³/mol. The zero-order valence-electron chi connectivity index (χ0n) is 17.4. The van der Waals surface area contributed by atoms with Gasteiger partial charge in [-0.25, -0.2) is 0 Å². The Bertz CT molecular complexity index is 943. The van der Waals surface area contributed by atoms with Gasteiger partial charge in [0, 0.05) is 36.4 Å². The lowest BCUT2D eigenvalue weighted by Gasteiger charge is -2.19. The molecule has 1 aromatic carbocycles. The fourth-order valence-electron chi connectivity index (χ4n) is 3.70. The largest absolute Gasteiger partial charge is 0.372 e. The van der Waals surface area contributed by atoms with Crippen molar-refractivity contribution < 1.29 is 4.74 Å². The number of rotatable bonds is 9. The molecule has 1 fully saturated rings. The van der Waals surface area contributed by atoms with Crippen LogP contribution in [0.15, 0.2) is 48.9 Å². The number of hydrogen-bond acceptors (Lipinski definition) is 5. The third-order valence-electron chi connectivity index (χ3n) is 5.46. The summed E-state index contributed by atoms with van der Waals surface area (Å²) in [6.45, 7) is 5.54. The van der Waals surface area contributed by atoms with Crippen molar-refractivity contribution in [2.24, 2.45) is 0 Å². The van der Waals surface area contributed by atoms with Gasteiger partial charge >= 0.3 is 0 Å². The molecule has 1 aliphatic heterocycles. The first kappa shape index (κ1) is 20.8. The fourth-order valence-corrected chi connectivity index (χ4v) is 3.82. The second-order valence-corrected chi connectivity index (χ2v) is 8.24. The van der Waals surface area contributed by atoms with Crippen molar-refractivity contribution in [3.8, 4) is 11.3 Å². The van der Waals surface area contributed by atoms with Crippen LogP contribution in [-0.4, -0.2) is 39.2 Å². The van der Waals surface area contributed by atoms with Crippen molar-refractivity contribution in [2.45, 2.75) is 51.9 Å². The summed E-state index contributed by atoms with van der Waals surface area (Å²) < 4.78 is 8.04. The van der Waals surface area contributed by atoms with E-state index in [0.29, 0.717) is 6.61 Å². The van der Waals surface area contributed by atoms with E-state index in [9.17, 15) is 0 Å². The Morgan fingerprint density at radius 1 is 1.17 bits per heavy atom. The van der Waals surface area contributed by atoms with Gasteiger partial charge in [-0.2, -0.15) is 0 Å². The minimum Gasteiger partial charge on any atom is -0.372 e. The molecular formula is C23H28ClN5O. The van der Waals surface area contributed by atoms with Gasteiger partial charge in [0.15, 0.2) is 0 Å². The van der Waals surface area contributed by atoms with Crippen molar-refractivity contribution in [1.82, 2.24) is 20.0 Å². The number of nitrogens with zero attached hydrogens (tertiary/aromatic N) is 5. The van der Waals surface area contributed by atoms with Crippen LogP contribution in [0.5, 0.6) is 0 Å². The molecule has 0 N–H and O–H groups in total. The molecule has 6 nitrogen and oxygen atoms in total. The number of pyridine rings is 1. The van der Waals surface area contributed by atoms with E-state index < -0.39 is 0 Å². The third-order valence-corrected chi connectivity index (χ3v) is 5.71. The summed E-state index contributed by atoms with van der Waals surface area (Å²) in [6.07, 6.45) is 10.5. The van der Waals surface area contributed by atoms with Crippen molar-refractivity contribution in [3.63, 3.8) is 0 Å². The second kappa shape index (κ2) is 10.0. The molecule has 0 spiro atoms. The molecule has 2 aromatic heterocycles. The second-order valence-electron chi connectivity index (χ2n) is 7.80. The SMILES string of the molecule is CCCCCn1cc(-c2cncc(N3CC[C@@H](OCc4ccc(Cl)cc4)C3)c2)nn1. The van der Waals surface area contributed by atoms with Crippen LogP contribution in [0, 0.1) is 0 Å². The van der Waals surface area contributed by atoms with Gasteiger partial charge in [0.2, 0.25) is 0 Å². The Labute approximate surface area is 182 Å². The van der Waals surface area contributed by atoms with E-state index in [1.54, 1.807) is 0 Å². The predicted octanol–water partition coefficient (Wildman–Crippen LogP) is 4.98. The average Bonchev–Trinajstić information content (AvgIpc) is 3.44. The maximum absolute atomic E-state index is 6.11. The van der Waals surface area contributed by atoms with Crippen LogP contribution in [0.3, 0.4) is 0 Å². The summed E-state index contributed by atoms with van der Waals surface area (Å²) in [6, 6.07) is 9.97. The zero-order valence-corrected chi connectivity index (χ0v) is 18.1. The molecule has 30 heavy (non-hydrogen) atoms. The molecule has 0 unspecified atom stereocenters. The van der Waals surface area contributed by atoms with E-state index in [2.05, 4.69) is 33.2 Å². The smallest absolute Gasteiger partial charge is 0.114 e. The van der Waals surface area contributed by atoms with Crippen molar-refractivity contribution in [2.75, 3.05) is 18.0 Å². The molecule has 3 aromatic rings. The summed E-state index contributed by atoms with van der Waals surface area (Å²) in [5.41, 5.74) is 4.12. The highest BCUT2D eigenvalue weighted by Crippen LogP contribution is 2.26. The van der Waals surface area contributed by atoms with Gasteiger partial charge in [-0.15, -0.1) is 5.10 Å². The lowest BCUT2D eigenvalue weighted by Crippen LogP contribution is -2.23. The van der Waals surface area contributed by atoms with Gasteiger partial charge in [0.1, 0.15) is 5.69 Å². The van der Waals surface area contributed by atoms with Gasteiger partial charge in [-0.1, -0.05) is 48.7 Å². The molecule has 7 heteroatoms. The topological polar surface area (TPSA) is 56.1 Å². The monoisotopic (exact) mass is 425 g/mol. The average molecular weight is 426 g/mol. The molecule has 1 aliphatic rings. The standard InChI is InChI=1S/C23H28ClN5O/c1-2-3-4-10-29-16-23(26-27-29)19-12-21(14-25-13-19)28-11-9-22(15-28)30-17-18-5-7-20(24)8-6-18/h5-8,12-14,16,22H,2-4,9-11,15,17H2,1H3/t22-/m1/s1. The molecule has 0 bridgehead atoms. The van der Waals surface area contributed by atoms with Crippen LogP contribution >= 0.6 is 11.6 Å². The number of aromatic nitrogens is 4. The Kier molecular flexibility index (Phi) is 6.97. The van der Waals surface area contributed by atoms with Crippen LogP contribution in [0.25, 0.3) is 11.3 Å². The maximum atomic E-state index is 6.11. The summed E-state index contributed by atoms with van der Waals surface area (Å²) in [5, 5.41) is 9.35. The number of aryl methyl sites for hydroxylation is 1. The quantitative estimate of drug-likeness (QED) is 0.452. The van der Waals surface area contributed by atoms with E-state index >= 15 is 0 Å². The summed E-state index contributed by atoms with van der Waals surface area (Å²) in [5.74, 6) is 0. The minimum atomic E-state index is 0.212. The van der Waals surface area contributed by atoms with E-state index in [-0.39, 0.29) is 6.10 Å². The van der Waals surface area contributed by atoms with E-state index in [1.165, 1.54) is 12.8 Å². The normalized spacial score (nSPS) is 16.3. The van der Waals surface area contributed by atoms with Crippen LogP contribution in [0.1, 0.15) is 38.2 Å². The number of benzene rings is 1. The Balaban J connectivity index is 1.34. The van der Waals surface area contributed by atoms with Gasteiger partial charge in [-0.3, -0.25) is 9.67 Å². The molecular weight excluding hydrogens is 398 g/mol. The molecule has 4 rings (SSSR count). The highest BCUT2D eigenvalue weighted by atomic mass is 35.5. The summed E-state index contributed by atoms with van der Waals surface area (Å²) in [4.78, 5) is 6.77. The van der Waals surface area contributed by atoms with Crippen LogP contribution < -0.4 is 4.90 Å². The first-order chi connectivity index (χ1) is 14.7. The van der Waals surface area contributed by atoms with E-state index in [4.69, 9.17) is 16.3 Å². The number of halogens is 1. The molecule has 0 amide bonds.